The summed E-state index contributed by atoms with van der Waals surface area (Å²) >= 11 is 0. The van der Waals surface area contributed by atoms with Crippen LogP contribution >= 0.6 is 0 Å². The zero-order valence-electron chi connectivity index (χ0n) is 20.7. The molecule has 37 heavy (non-hydrogen) atoms. The molecule has 0 spiro atoms. The Morgan fingerprint density at radius 3 is 2.38 bits per heavy atom. The van der Waals surface area contributed by atoms with E-state index in [1.54, 1.807) is 13.1 Å². The molecule has 3 aromatic heterocycles. The van der Waals surface area contributed by atoms with E-state index in [4.69, 9.17) is 4.74 Å². The zero-order valence-corrected chi connectivity index (χ0v) is 20.7. The van der Waals surface area contributed by atoms with Gasteiger partial charge in [-0.1, -0.05) is 6.07 Å². The van der Waals surface area contributed by atoms with E-state index in [2.05, 4.69) is 20.0 Å². The molecule has 0 bridgehead atoms. The van der Waals surface area contributed by atoms with E-state index < -0.39 is 11.7 Å². The van der Waals surface area contributed by atoms with Gasteiger partial charge in [-0.25, -0.2) is 9.67 Å². The van der Waals surface area contributed by atoms with Crippen LogP contribution in [0.4, 0.5) is 13.2 Å². The summed E-state index contributed by atoms with van der Waals surface area (Å²) < 4.78 is 45.3. The van der Waals surface area contributed by atoms with Gasteiger partial charge >= 0.3 is 6.18 Å². The topological polar surface area (TPSA) is 73.1 Å². The Morgan fingerprint density at radius 1 is 1.00 bits per heavy atom. The van der Waals surface area contributed by atoms with Crippen LogP contribution in [0.1, 0.15) is 64.5 Å². The van der Waals surface area contributed by atoms with Gasteiger partial charge in [0.2, 0.25) is 0 Å². The number of hydrogen-bond acceptors (Lipinski definition) is 6. The fourth-order valence-corrected chi connectivity index (χ4v) is 5.34. The summed E-state index contributed by atoms with van der Waals surface area (Å²) in [7, 11) is 0. The molecule has 1 saturated carbocycles. The Labute approximate surface area is 213 Å². The molecule has 7 nitrogen and oxygen atoms in total. The zero-order chi connectivity index (χ0) is 26.0. The SMILES string of the molecule is Cc1c(C(=O)Cc2ccc(C3CCC(N4CCOCC4)CC3)nc2)cnn1-c1ccc(C(F)(F)F)cn1. The Hall–Kier alpha value is -3.11. The number of Topliss-reactive ketones (excluding diaryl/α,β-unsaturated/α-hetero) is 1. The molecule has 3 aromatic rings. The van der Waals surface area contributed by atoms with Crippen molar-refractivity contribution in [2.45, 2.75) is 57.2 Å². The molecule has 0 aromatic carbocycles. The highest BCUT2D eigenvalue weighted by Gasteiger charge is 2.31. The summed E-state index contributed by atoms with van der Waals surface area (Å²) in [5.74, 6) is 0.536. The summed E-state index contributed by atoms with van der Waals surface area (Å²) in [5, 5.41) is 4.18. The molecule has 1 saturated heterocycles. The van der Waals surface area contributed by atoms with Gasteiger partial charge in [-0.3, -0.25) is 14.7 Å². The summed E-state index contributed by atoms with van der Waals surface area (Å²) in [6, 6.07) is 6.83. The number of alkyl halides is 3. The quantitative estimate of drug-likeness (QED) is 0.442. The molecule has 1 aliphatic carbocycles. The fourth-order valence-electron chi connectivity index (χ4n) is 5.34. The number of ether oxygens (including phenoxy) is 1. The standard InChI is InChI=1S/C27H30F3N5O2/c1-18-23(17-33-35(18)26-9-5-21(16-32-26)27(28,29)30)25(36)14-19-2-8-24(31-15-19)20-3-6-22(7-4-20)34-10-12-37-13-11-34/h2,5,8-9,15-17,20,22H,3-4,6-7,10-14H2,1H3. The maximum absolute atomic E-state index is 13.0. The Morgan fingerprint density at radius 2 is 1.76 bits per heavy atom. The van der Waals surface area contributed by atoms with E-state index in [0.717, 1.165) is 62.7 Å². The number of nitrogens with zero attached hydrogens (tertiary/aromatic N) is 5. The van der Waals surface area contributed by atoms with Gasteiger partial charge in [0.05, 0.1) is 36.2 Å². The number of aromatic nitrogens is 4. The predicted molar refractivity (Wildman–Crippen MR) is 131 cm³/mol. The first-order valence-electron chi connectivity index (χ1n) is 12.7. The third kappa shape index (κ3) is 5.75. The summed E-state index contributed by atoms with van der Waals surface area (Å²) in [4.78, 5) is 24.1. The largest absolute Gasteiger partial charge is 0.417 e. The molecule has 10 heteroatoms. The molecule has 4 heterocycles. The van der Waals surface area contributed by atoms with E-state index in [1.165, 1.54) is 29.8 Å². The third-order valence-electron chi connectivity index (χ3n) is 7.49. The summed E-state index contributed by atoms with van der Waals surface area (Å²) in [6.07, 6.45) is 4.26. The molecular formula is C27H30F3N5O2. The first-order chi connectivity index (χ1) is 17.8. The first kappa shape index (κ1) is 25.5. The maximum atomic E-state index is 13.0. The van der Waals surface area contributed by atoms with Crippen LogP contribution in [0.2, 0.25) is 0 Å². The first-order valence-corrected chi connectivity index (χ1v) is 12.7. The van der Waals surface area contributed by atoms with Crippen LogP contribution in [0.3, 0.4) is 0 Å². The summed E-state index contributed by atoms with van der Waals surface area (Å²) in [6.45, 7) is 5.40. The van der Waals surface area contributed by atoms with Crippen LogP contribution in [0.15, 0.2) is 42.9 Å². The number of rotatable bonds is 6. The van der Waals surface area contributed by atoms with Crippen molar-refractivity contribution >= 4 is 5.78 Å². The number of ketones is 1. The van der Waals surface area contributed by atoms with Gasteiger partial charge in [0.15, 0.2) is 11.6 Å². The lowest BCUT2D eigenvalue weighted by atomic mass is 9.83. The third-order valence-corrected chi connectivity index (χ3v) is 7.49. The van der Waals surface area contributed by atoms with Crippen molar-refractivity contribution < 1.29 is 22.7 Å². The number of carbonyl (C=O) groups excluding carboxylic acids is 1. The normalized spacial score (nSPS) is 21.2. The lowest BCUT2D eigenvalue weighted by Crippen LogP contribution is -2.44. The number of morpholine rings is 1. The molecule has 5 rings (SSSR count). The predicted octanol–water partition coefficient (Wildman–Crippen LogP) is 4.77. The number of carbonyl (C=O) groups is 1. The Kier molecular flexibility index (Phi) is 7.39. The van der Waals surface area contributed by atoms with Gasteiger partial charge in [0.1, 0.15) is 0 Å². The lowest BCUT2D eigenvalue weighted by Gasteiger charge is -2.38. The van der Waals surface area contributed by atoms with E-state index in [0.29, 0.717) is 23.2 Å². The second-order valence-corrected chi connectivity index (χ2v) is 9.80. The molecule has 0 unspecified atom stereocenters. The van der Waals surface area contributed by atoms with Crippen molar-refractivity contribution in [3.63, 3.8) is 0 Å². The lowest BCUT2D eigenvalue weighted by molar-refractivity contribution is -0.137. The fraction of sp³-hybridized carbons (Fsp3) is 0.481. The molecule has 2 aliphatic rings. The highest BCUT2D eigenvalue weighted by atomic mass is 19.4. The maximum Gasteiger partial charge on any atom is 0.417 e. The van der Waals surface area contributed by atoms with Crippen molar-refractivity contribution in [3.05, 3.63) is 70.9 Å². The Balaban J connectivity index is 1.19. The van der Waals surface area contributed by atoms with Crippen molar-refractivity contribution in [3.8, 4) is 5.82 Å². The molecule has 196 valence electrons. The van der Waals surface area contributed by atoms with Gasteiger partial charge < -0.3 is 4.74 Å². The van der Waals surface area contributed by atoms with Crippen molar-refractivity contribution in [2.24, 2.45) is 0 Å². The van der Waals surface area contributed by atoms with Crippen LogP contribution in [0, 0.1) is 6.92 Å². The van der Waals surface area contributed by atoms with Crippen LogP contribution in [0.5, 0.6) is 0 Å². The number of pyridine rings is 2. The smallest absolute Gasteiger partial charge is 0.379 e. The molecular weight excluding hydrogens is 483 g/mol. The molecule has 1 aliphatic heterocycles. The average Bonchev–Trinajstić information content (AvgIpc) is 3.30. The Bertz CT molecular complexity index is 1210. The highest BCUT2D eigenvalue weighted by molar-refractivity contribution is 5.98. The van der Waals surface area contributed by atoms with E-state index in [9.17, 15) is 18.0 Å². The van der Waals surface area contributed by atoms with Crippen molar-refractivity contribution in [2.75, 3.05) is 26.3 Å². The highest BCUT2D eigenvalue weighted by Crippen LogP contribution is 2.34. The van der Waals surface area contributed by atoms with Crippen LogP contribution in [-0.4, -0.2) is 62.8 Å². The van der Waals surface area contributed by atoms with Gasteiger partial charge in [-0.15, -0.1) is 0 Å². The van der Waals surface area contributed by atoms with Gasteiger partial charge in [0, 0.05) is 49.6 Å². The van der Waals surface area contributed by atoms with E-state index in [-0.39, 0.29) is 18.0 Å². The van der Waals surface area contributed by atoms with Gasteiger partial charge in [-0.05, 0) is 56.4 Å². The van der Waals surface area contributed by atoms with Crippen LogP contribution in [-0.2, 0) is 17.3 Å². The van der Waals surface area contributed by atoms with Crippen molar-refractivity contribution in [1.29, 1.82) is 0 Å². The molecule has 0 radical (unpaired) electrons. The minimum atomic E-state index is -4.46. The minimum absolute atomic E-state index is 0.128. The number of hydrogen-bond donors (Lipinski definition) is 0. The second-order valence-electron chi connectivity index (χ2n) is 9.80. The van der Waals surface area contributed by atoms with E-state index >= 15 is 0 Å². The van der Waals surface area contributed by atoms with Crippen LogP contribution < -0.4 is 0 Å². The van der Waals surface area contributed by atoms with Crippen molar-refractivity contribution in [1.82, 2.24) is 24.6 Å². The molecule has 0 N–H and O–H groups in total. The molecule has 0 atom stereocenters. The van der Waals surface area contributed by atoms with E-state index in [1.807, 2.05) is 12.1 Å². The monoisotopic (exact) mass is 513 g/mol. The molecule has 2 fully saturated rings. The van der Waals surface area contributed by atoms with Crippen LogP contribution in [0.25, 0.3) is 5.82 Å². The molecule has 0 amide bonds. The average molecular weight is 514 g/mol. The second kappa shape index (κ2) is 10.7. The minimum Gasteiger partial charge on any atom is -0.379 e. The summed E-state index contributed by atoms with van der Waals surface area (Å²) in [5.41, 5.74) is 1.99. The van der Waals surface area contributed by atoms with Gasteiger partial charge in [0.25, 0.3) is 0 Å². The van der Waals surface area contributed by atoms with Gasteiger partial charge in [-0.2, -0.15) is 18.3 Å². The number of halogens is 3.